The summed E-state index contributed by atoms with van der Waals surface area (Å²) in [5.74, 6) is 0. The van der Waals surface area contributed by atoms with Crippen molar-refractivity contribution in [3.8, 4) is 22.5 Å². The SMILES string of the molecule is CCC1=C(c2ccccc2)C=Cc2ccc3ccc(-c4ccc(-c5nc6nc7c(ccc8cccnc87)cc6c6ccccc56)cc4)nc3c2C1. The Kier molecular flexibility index (Phi) is 6.81. The third kappa shape index (κ3) is 4.91. The minimum Gasteiger partial charge on any atom is -0.254 e. The van der Waals surface area contributed by atoms with E-state index in [1.807, 2.05) is 12.3 Å². The Hall–Kier alpha value is -6.52. The van der Waals surface area contributed by atoms with Gasteiger partial charge in [-0.1, -0.05) is 140 Å². The smallest absolute Gasteiger partial charge is 0.161 e. The van der Waals surface area contributed by atoms with Crippen LogP contribution < -0.4 is 0 Å². The van der Waals surface area contributed by atoms with Crippen LogP contribution in [0.3, 0.4) is 0 Å². The van der Waals surface area contributed by atoms with E-state index >= 15 is 0 Å². The number of hydrogen-bond donors (Lipinski definition) is 0. The second-order valence-corrected chi connectivity index (χ2v) is 13.3. The third-order valence-corrected chi connectivity index (χ3v) is 10.4. The lowest BCUT2D eigenvalue weighted by molar-refractivity contribution is 1.01. The van der Waals surface area contributed by atoms with Gasteiger partial charge in [-0.05, 0) is 58.7 Å². The van der Waals surface area contributed by atoms with E-state index in [0.717, 1.165) is 89.9 Å². The second-order valence-electron chi connectivity index (χ2n) is 13.3. The van der Waals surface area contributed by atoms with Gasteiger partial charge in [-0.2, -0.15) is 0 Å². The van der Waals surface area contributed by atoms with Gasteiger partial charge in [-0.15, -0.1) is 0 Å². The zero-order valence-corrected chi connectivity index (χ0v) is 28.1. The standard InChI is InChI=1S/C47H32N4/c1-2-29-27-40-31(22-24-37(29)30-9-4-3-5-10-30)14-17-35-23-25-42(49-44(35)40)32-15-18-34(19-16-32)43-39-13-7-6-12-38(39)41-28-36-21-20-33-11-8-26-48-45(33)46(36)51-47(41)50-43/h3-26,28H,2,27H2,1H3. The molecule has 4 aromatic heterocycles. The van der Waals surface area contributed by atoms with Crippen LogP contribution >= 0.6 is 0 Å². The van der Waals surface area contributed by atoms with Crippen LogP contribution in [-0.2, 0) is 6.42 Å². The number of aromatic nitrogens is 4. The van der Waals surface area contributed by atoms with Gasteiger partial charge in [-0.3, -0.25) is 4.98 Å². The molecule has 0 unspecified atom stereocenters. The summed E-state index contributed by atoms with van der Waals surface area (Å²) in [6, 6.07) is 47.2. The zero-order valence-electron chi connectivity index (χ0n) is 28.1. The van der Waals surface area contributed by atoms with Gasteiger partial charge >= 0.3 is 0 Å². The number of hydrogen-bond acceptors (Lipinski definition) is 4. The topological polar surface area (TPSA) is 51.6 Å². The summed E-state index contributed by atoms with van der Waals surface area (Å²) < 4.78 is 0. The first-order chi connectivity index (χ1) is 25.2. The molecule has 10 rings (SSSR count). The number of fused-ring (bicyclic) bond motifs is 9. The van der Waals surface area contributed by atoms with Crippen LogP contribution in [-0.4, -0.2) is 19.9 Å². The molecule has 0 spiro atoms. The molecule has 0 saturated carbocycles. The Bertz CT molecular complexity index is 2900. The Morgan fingerprint density at radius 1 is 0.529 bits per heavy atom. The summed E-state index contributed by atoms with van der Waals surface area (Å²) in [6.07, 6.45) is 8.25. The number of nitrogens with zero attached hydrogens (tertiary/aromatic N) is 4. The normalized spacial score (nSPS) is 13.0. The molecular weight excluding hydrogens is 621 g/mol. The third-order valence-electron chi connectivity index (χ3n) is 10.4. The van der Waals surface area contributed by atoms with Crippen molar-refractivity contribution in [3.63, 3.8) is 0 Å². The van der Waals surface area contributed by atoms with E-state index in [-0.39, 0.29) is 0 Å². The van der Waals surface area contributed by atoms with Crippen molar-refractivity contribution >= 4 is 66.2 Å². The molecule has 1 aliphatic rings. The van der Waals surface area contributed by atoms with E-state index in [4.69, 9.17) is 15.0 Å². The van der Waals surface area contributed by atoms with Crippen LogP contribution in [0.15, 0.2) is 151 Å². The zero-order chi connectivity index (χ0) is 33.9. The van der Waals surface area contributed by atoms with Gasteiger partial charge in [0.1, 0.15) is 0 Å². The van der Waals surface area contributed by atoms with Crippen LogP contribution in [0.5, 0.6) is 0 Å². The first kappa shape index (κ1) is 29.4. The number of benzene rings is 5. The predicted octanol–water partition coefficient (Wildman–Crippen LogP) is 11.8. The van der Waals surface area contributed by atoms with Crippen LogP contribution in [0.1, 0.15) is 30.0 Å². The Labute approximate surface area is 295 Å². The Morgan fingerprint density at radius 2 is 1.27 bits per heavy atom. The van der Waals surface area contributed by atoms with Gasteiger partial charge in [0.25, 0.3) is 0 Å². The van der Waals surface area contributed by atoms with Gasteiger partial charge in [0.15, 0.2) is 5.65 Å². The first-order valence-corrected chi connectivity index (χ1v) is 17.6. The lowest BCUT2D eigenvalue weighted by Gasteiger charge is -2.14. The van der Waals surface area contributed by atoms with Crippen molar-refractivity contribution in [3.05, 3.63) is 168 Å². The van der Waals surface area contributed by atoms with Crippen LogP contribution in [0.2, 0.25) is 0 Å². The van der Waals surface area contributed by atoms with Crippen molar-refractivity contribution in [1.29, 1.82) is 0 Å². The molecule has 0 aliphatic heterocycles. The van der Waals surface area contributed by atoms with Gasteiger partial charge in [-0.25, -0.2) is 15.0 Å². The highest BCUT2D eigenvalue weighted by molar-refractivity contribution is 6.14. The van der Waals surface area contributed by atoms with E-state index in [2.05, 4.69) is 151 Å². The van der Waals surface area contributed by atoms with Crippen molar-refractivity contribution < 1.29 is 0 Å². The molecule has 0 radical (unpaired) electrons. The molecule has 1 aliphatic carbocycles. The highest BCUT2D eigenvalue weighted by atomic mass is 14.9. The minimum absolute atomic E-state index is 0.722. The highest BCUT2D eigenvalue weighted by Crippen LogP contribution is 2.37. The first-order valence-electron chi connectivity index (χ1n) is 17.6. The largest absolute Gasteiger partial charge is 0.254 e. The monoisotopic (exact) mass is 652 g/mol. The fourth-order valence-corrected chi connectivity index (χ4v) is 7.76. The molecule has 0 atom stereocenters. The molecule has 0 N–H and O–H groups in total. The molecule has 240 valence electrons. The molecular formula is C47H32N4. The summed E-state index contributed by atoms with van der Waals surface area (Å²) in [4.78, 5) is 20.3. The molecule has 51 heavy (non-hydrogen) atoms. The Morgan fingerprint density at radius 3 is 2.14 bits per heavy atom. The summed E-state index contributed by atoms with van der Waals surface area (Å²) in [6.45, 7) is 2.26. The lowest BCUT2D eigenvalue weighted by Crippen LogP contribution is -1.98. The number of allylic oxidation sites excluding steroid dienone is 3. The van der Waals surface area contributed by atoms with E-state index < -0.39 is 0 Å². The van der Waals surface area contributed by atoms with Gasteiger partial charge in [0.05, 0.1) is 27.9 Å². The van der Waals surface area contributed by atoms with Crippen LogP contribution in [0, 0.1) is 0 Å². The maximum absolute atomic E-state index is 5.33. The molecule has 4 heterocycles. The quantitative estimate of drug-likeness (QED) is 0.140. The van der Waals surface area contributed by atoms with E-state index in [1.165, 1.54) is 27.8 Å². The van der Waals surface area contributed by atoms with E-state index in [9.17, 15) is 0 Å². The minimum atomic E-state index is 0.722. The lowest BCUT2D eigenvalue weighted by atomic mass is 9.93. The second kappa shape index (κ2) is 11.8. The summed E-state index contributed by atoms with van der Waals surface area (Å²) in [5, 5.41) is 6.58. The maximum Gasteiger partial charge on any atom is 0.161 e. The molecule has 0 fully saturated rings. The summed E-state index contributed by atoms with van der Waals surface area (Å²) in [5.41, 5.74) is 14.1. The average molecular weight is 653 g/mol. The maximum atomic E-state index is 5.33. The van der Waals surface area contributed by atoms with Crippen molar-refractivity contribution in [1.82, 2.24) is 19.9 Å². The van der Waals surface area contributed by atoms with Crippen molar-refractivity contribution in [2.24, 2.45) is 0 Å². The molecule has 0 bridgehead atoms. The molecule has 5 aromatic carbocycles. The fraction of sp³-hybridized carbons (Fsp3) is 0.0638. The Balaban J connectivity index is 1.07. The average Bonchev–Trinajstić information content (AvgIpc) is 3.40. The number of pyridine rings is 4. The van der Waals surface area contributed by atoms with Gasteiger partial charge in [0.2, 0.25) is 0 Å². The fourth-order valence-electron chi connectivity index (χ4n) is 7.76. The van der Waals surface area contributed by atoms with Crippen LogP contribution in [0.4, 0.5) is 0 Å². The van der Waals surface area contributed by atoms with E-state index in [0.29, 0.717) is 0 Å². The molecule has 9 aromatic rings. The summed E-state index contributed by atoms with van der Waals surface area (Å²) in [7, 11) is 0. The predicted molar refractivity (Wildman–Crippen MR) is 212 cm³/mol. The number of rotatable bonds is 4. The van der Waals surface area contributed by atoms with Crippen molar-refractivity contribution in [2.45, 2.75) is 19.8 Å². The highest BCUT2D eigenvalue weighted by Gasteiger charge is 2.18. The van der Waals surface area contributed by atoms with E-state index in [1.54, 1.807) is 0 Å². The van der Waals surface area contributed by atoms with Gasteiger partial charge in [0, 0.05) is 44.3 Å². The molecule has 0 saturated heterocycles. The molecule has 4 heteroatoms. The van der Waals surface area contributed by atoms with Crippen LogP contribution in [0.25, 0.3) is 88.7 Å². The molecule has 4 nitrogen and oxygen atoms in total. The molecule has 0 amide bonds. The summed E-state index contributed by atoms with van der Waals surface area (Å²) >= 11 is 0. The van der Waals surface area contributed by atoms with Crippen molar-refractivity contribution in [2.75, 3.05) is 0 Å². The van der Waals surface area contributed by atoms with Gasteiger partial charge < -0.3 is 0 Å².